The number of nitrogens with zero attached hydrogens (tertiary/aromatic N) is 2. The molecular weight excluding hydrogens is 355 g/mol. The second-order valence-corrected chi connectivity index (χ2v) is 6.49. The Labute approximate surface area is 135 Å². The van der Waals surface area contributed by atoms with Gasteiger partial charge in [-0.25, -0.2) is 9.37 Å². The molecule has 0 atom stereocenters. The molecule has 0 bridgehead atoms. The Morgan fingerprint density at radius 1 is 1.41 bits per heavy atom. The van der Waals surface area contributed by atoms with Crippen LogP contribution in [-0.2, 0) is 21.6 Å². The Morgan fingerprint density at radius 2 is 2.09 bits per heavy atom. The van der Waals surface area contributed by atoms with Crippen LogP contribution >= 0.6 is 15.9 Å². The highest BCUT2D eigenvalue weighted by Gasteiger charge is 2.23. The Balaban J connectivity index is 2.37. The Morgan fingerprint density at radius 3 is 2.68 bits per heavy atom. The molecule has 0 aliphatic heterocycles. The first-order valence-corrected chi connectivity index (χ1v) is 7.77. The van der Waals surface area contributed by atoms with Crippen LogP contribution in [0.5, 0.6) is 0 Å². The summed E-state index contributed by atoms with van der Waals surface area (Å²) in [7, 11) is 0. The van der Waals surface area contributed by atoms with Crippen LogP contribution in [-0.4, -0.2) is 15.5 Å². The molecule has 7 heteroatoms. The van der Waals surface area contributed by atoms with E-state index in [1.165, 1.54) is 23.0 Å². The number of esters is 1. The van der Waals surface area contributed by atoms with Gasteiger partial charge in [0.15, 0.2) is 6.73 Å². The molecule has 0 aliphatic rings. The summed E-state index contributed by atoms with van der Waals surface area (Å²) in [5.74, 6) is -0.840. The van der Waals surface area contributed by atoms with Gasteiger partial charge in [0.1, 0.15) is 12.1 Å². The number of halogens is 2. The fourth-order valence-electron chi connectivity index (χ4n) is 1.76. The van der Waals surface area contributed by atoms with Crippen molar-refractivity contribution >= 4 is 32.8 Å². The maximum absolute atomic E-state index is 13.7. The normalized spacial score (nSPS) is 11.7. The third-order valence-electron chi connectivity index (χ3n) is 3.08. The lowest BCUT2D eigenvalue weighted by molar-refractivity contribution is -0.157. The van der Waals surface area contributed by atoms with Crippen molar-refractivity contribution in [2.45, 2.75) is 32.8 Å². The van der Waals surface area contributed by atoms with E-state index in [1.54, 1.807) is 20.8 Å². The van der Waals surface area contributed by atoms with E-state index >= 15 is 0 Å². The SMILES string of the molecule is CC(C)(C)C(=O)OCn1cnc2cc(F)c(CBr)cc2c1=O. The molecule has 0 aliphatic carbocycles. The van der Waals surface area contributed by atoms with Gasteiger partial charge in [0, 0.05) is 11.4 Å². The number of alkyl halides is 1. The largest absolute Gasteiger partial charge is 0.443 e. The molecule has 0 saturated carbocycles. The third-order valence-corrected chi connectivity index (χ3v) is 3.69. The van der Waals surface area contributed by atoms with Crippen molar-refractivity contribution in [3.8, 4) is 0 Å². The number of aromatic nitrogens is 2. The van der Waals surface area contributed by atoms with Crippen LogP contribution in [0.4, 0.5) is 4.39 Å². The Bertz CT molecular complexity index is 781. The first-order chi connectivity index (χ1) is 10.2. The average molecular weight is 371 g/mol. The zero-order chi connectivity index (χ0) is 16.5. The van der Waals surface area contributed by atoms with Gasteiger partial charge in [-0.15, -0.1) is 0 Å². The number of hydrogen-bond acceptors (Lipinski definition) is 4. The molecule has 2 aromatic rings. The summed E-state index contributed by atoms with van der Waals surface area (Å²) in [5.41, 5.74) is -0.393. The summed E-state index contributed by atoms with van der Waals surface area (Å²) in [6.07, 6.45) is 1.24. The van der Waals surface area contributed by atoms with Gasteiger partial charge in [-0.3, -0.25) is 14.2 Å². The first-order valence-electron chi connectivity index (χ1n) is 6.65. The minimum absolute atomic E-state index is 0.223. The molecule has 0 radical (unpaired) electrons. The number of carbonyl (C=O) groups excluding carboxylic acids is 1. The van der Waals surface area contributed by atoms with Crippen molar-refractivity contribution in [1.82, 2.24) is 9.55 Å². The van der Waals surface area contributed by atoms with E-state index in [2.05, 4.69) is 20.9 Å². The van der Waals surface area contributed by atoms with Crippen molar-refractivity contribution in [2.24, 2.45) is 5.41 Å². The van der Waals surface area contributed by atoms with E-state index in [9.17, 15) is 14.0 Å². The molecule has 22 heavy (non-hydrogen) atoms. The van der Waals surface area contributed by atoms with Crippen LogP contribution in [0.25, 0.3) is 10.9 Å². The topological polar surface area (TPSA) is 61.2 Å². The molecule has 1 aromatic carbocycles. The maximum atomic E-state index is 13.7. The number of rotatable bonds is 3. The lowest BCUT2D eigenvalue weighted by atomic mass is 9.98. The van der Waals surface area contributed by atoms with Gasteiger partial charge in [0.25, 0.3) is 5.56 Å². The Kier molecular flexibility index (Phi) is 4.65. The predicted octanol–water partition coefficient (Wildman–Crippen LogP) is 2.98. The van der Waals surface area contributed by atoms with Gasteiger partial charge in [0.2, 0.25) is 0 Å². The summed E-state index contributed by atoms with van der Waals surface area (Å²) >= 11 is 3.17. The summed E-state index contributed by atoms with van der Waals surface area (Å²) in [5, 5.41) is 0.576. The van der Waals surface area contributed by atoms with Crippen molar-refractivity contribution in [3.63, 3.8) is 0 Å². The van der Waals surface area contributed by atoms with E-state index < -0.39 is 17.2 Å². The van der Waals surface area contributed by atoms with Gasteiger partial charge in [-0.1, -0.05) is 15.9 Å². The lowest BCUT2D eigenvalue weighted by Gasteiger charge is -2.17. The quantitative estimate of drug-likeness (QED) is 0.615. The zero-order valence-corrected chi connectivity index (χ0v) is 14.1. The van der Waals surface area contributed by atoms with Crippen LogP contribution in [0.2, 0.25) is 0 Å². The van der Waals surface area contributed by atoms with E-state index in [0.717, 1.165) is 0 Å². The molecular formula is C15H16BrFN2O3. The van der Waals surface area contributed by atoms with E-state index in [1.807, 2.05) is 0 Å². The van der Waals surface area contributed by atoms with Gasteiger partial charge in [-0.2, -0.15) is 0 Å². The lowest BCUT2D eigenvalue weighted by Crippen LogP contribution is -2.28. The number of fused-ring (bicyclic) bond motifs is 1. The molecule has 2 rings (SSSR count). The highest BCUT2D eigenvalue weighted by molar-refractivity contribution is 9.08. The fraction of sp³-hybridized carbons (Fsp3) is 0.400. The molecule has 0 saturated heterocycles. The number of carbonyl (C=O) groups is 1. The molecule has 1 heterocycles. The zero-order valence-electron chi connectivity index (χ0n) is 12.5. The number of ether oxygens (including phenoxy) is 1. The summed E-state index contributed by atoms with van der Waals surface area (Å²) in [4.78, 5) is 28.1. The molecule has 0 N–H and O–H groups in total. The highest BCUT2D eigenvalue weighted by Crippen LogP contribution is 2.18. The number of hydrogen-bond donors (Lipinski definition) is 0. The smallest absolute Gasteiger partial charge is 0.312 e. The van der Waals surface area contributed by atoms with Gasteiger partial charge in [-0.05, 0) is 32.4 Å². The predicted molar refractivity (Wildman–Crippen MR) is 84.1 cm³/mol. The molecule has 0 spiro atoms. The molecule has 0 fully saturated rings. The average Bonchev–Trinajstić information content (AvgIpc) is 2.44. The molecule has 1 aromatic heterocycles. The summed E-state index contributed by atoms with van der Waals surface area (Å²) in [6.45, 7) is 4.95. The summed E-state index contributed by atoms with van der Waals surface area (Å²) < 4.78 is 20.0. The third kappa shape index (κ3) is 3.35. The molecule has 0 unspecified atom stereocenters. The van der Waals surface area contributed by atoms with Crippen LogP contribution in [0, 0.1) is 11.2 Å². The minimum Gasteiger partial charge on any atom is -0.443 e. The van der Waals surface area contributed by atoms with Gasteiger partial charge >= 0.3 is 5.97 Å². The van der Waals surface area contributed by atoms with Crippen LogP contribution in [0.3, 0.4) is 0 Å². The van der Waals surface area contributed by atoms with E-state index in [0.29, 0.717) is 10.9 Å². The first kappa shape index (κ1) is 16.6. The summed E-state index contributed by atoms with van der Waals surface area (Å²) in [6, 6.07) is 2.68. The van der Waals surface area contributed by atoms with Crippen LogP contribution in [0.1, 0.15) is 26.3 Å². The van der Waals surface area contributed by atoms with Gasteiger partial charge in [0.05, 0.1) is 16.3 Å². The fourth-order valence-corrected chi connectivity index (χ4v) is 2.19. The van der Waals surface area contributed by atoms with E-state index in [-0.39, 0.29) is 23.2 Å². The van der Waals surface area contributed by atoms with Gasteiger partial charge < -0.3 is 4.74 Å². The van der Waals surface area contributed by atoms with E-state index in [4.69, 9.17) is 4.74 Å². The van der Waals surface area contributed by atoms with Crippen LogP contribution < -0.4 is 5.56 Å². The minimum atomic E-state index is -0.653. The maximum Gasteiger partial charge on any atom is 0.312 e. The van der Waals surface area contributed by atoms with Crippen LogP contribution in [0.15, 0.2) is 23.3 Å². The second kappa shape index (κ2) is 6.16. The second-order valence-electron chi connectivity index (χ2n) is 5.92. The van der Waals surface area contributed by atoms with Crippen molar-refractivity contribution in [2.75, 3.05) is 0 Å². The van der Waals surface area contributed by atoms with Crippen molar-refractivity contribution < 1.29 is 13.9 Å². The number of benzene rings is 1. The standard InChI is InChI=1S/C15H16BrFN2O3/c1-15(2,3)14(21)22-8-19-7-18-12-5-11(17)9(6-16)4-10(12)13(19)20/h4-5,7H,6,8H2,1-3H3. The Hall–Kier alpha value is -1.76. The van der Waals surface area contributed by atoms with Crippen molar-refractivity contribution in [1.29, 1.82) is 0 Å². The highest BCUT2D eigenvalue weighted by atomic mass is 79.9. The van der Waals surface area contributed by atoms with Crippen molar-refractivity contribution in [3.05, 3.63) is 40.2 Å². The molecule has 118 valence electrons. The monoisotopic (exact) mass is 370 g/mol. The molecule has 5 nitrogen and oxygen atoms in total. The molecule has 0 amide bonds.